The minimum atomic E-state index is -0.859. The summed E-state index contributed by atoms with van der Waals surface area (Å²) in [6.45, 7) is 7.14. The van der Waals surface area contributed by atoms with Gasteiger partial charge in [0.25, 0.3) is 0 Å². The average molecular weight is 360 g/mol. The molecule has 1 heterocycles. The Morgan fingerprint density at radius 1 is 1.27 bits per heavy atom. The number of hydrogen-bond donors (Lipinski definition) is 2. The molecule has 3 N–H and O–H groups in total. The van der Waals surface area contributed by atoms with E-state index in [0.29, 0.717) is 11.3 Å². The van der Waals surface area contributed by atoms with Crippen molar-refractivity contribution < 1.29 is 18.7 Å². The van der Waals surface area contributed by atoms with Gasteiger partial charge >= 0.3 is 11.6 Å². The van der Waals surface area contributed by atoms with Crippen molar-refractivity contribution >= 4 is 28.5 Å². The van der Waals surface area contributed by atoms with Gasteiger partial charge in [0.1, 0.15) is 11.2 Å². The molecule has 7 nitrogen and oxygen atoms in total. The number of ether oxygens (including phenoxy) is 1. The lowest BCUT2D eigenvalue weighted by atomic mass is 10.1. The first kappa shape index (κ1) is 19.7. The summed E-state index contributed by atoms with van der Waals surface area (Å²) in [4.78, 5) is 35.4. The van der Waals surface area contributed by atoms with Crippen molar-refractivity contribution in [2.75, 3.05) is 5.32 Å². The summed E-state index contributed by atoms with van der Waals surface area (Å²) < 4.78 is 10.3. The van der Waals surface area contributed by atoms with E-state index in [0.717, 1.165) is 10.9 Å². The van der Waals surface area contributed by atoms with Crippen LogP contribution in [0.5, 0.6) is 0 Å². The highest BCUT2D eigenvalue weighted by Gasteiger charge is 2.20. The fraction of sp³-hybridized carbons (Fsp3) is 0.421. The molecule has 26 heavy (non-hydrogen) atoms. The third-order valence-corrected chi connectivity index (χ3v) is 3.64. The molecular formula is C19H24N2O5. The number of fused-ring (bicyclic) bond motifs is 1. The zero-order valence-corrected chi connectivity index (χ0v) is 15.4. The number of nitrogens with one attached hydrogen (secondary N) is 1. The van der Waals surface area contributed by atoms with Crippen LogP contribution in [0.25, 0.3) is 11.0 Å². The van der Waals surface area contributed by atoms with Gasteiger partial charge in [-0.25, -0.2) is 4.79 Å². The van der Waals surface area contributed by atoms with E-state index in [-0.39, 0.29) is 12.8 Å². The normalized spacial score (nSPS) is 12.7. The van der Waals surface area contributed by atoms with Crippen molar-refractivity contribution in [3.8, 4) is 0 Å². The molecule has 0 aliphatic carbocycles. The molecule has 1 aromatic heterocycles. The van der Waals surface area contributed by atoms with Crippen molar-refractivity contribution in [3.63, 3.8) is 0 Å². The lowest BCUT2D eigenvalue weighted by Crippen LogP contribution is -2.36. The zero-order chi connectivity index (χ0) is 19.5. The minimum absolute atomic E-state index is 0.0532. The number of carbonyl (C=O) groups excluding carboxylic acids is 2. The smallest absolute Gasteiger partial charge is 0.336 e. The van der Waals surface area contributed by atoms with Crippen LogP contribution in [-0.4, -0.2) is 23.5 Å². The number of anilines is 1. The van der Waals surface area contributed by atoms with Crippen molar-refractivity contribution in [2.24, 2.45) is 5.73 Å². The van der Waals surface area contributed by atoms with Crippen LogP contribution in [0, 0.1) is 6.92 Å². The Balaban J connectivity index is 1.99. The van der Waals surface area contributed by atoms with Crippen molar-refractivity contribution in [3.05, 3.63) is 40.2 Å². The first-order valence-electron chi connectivity index (χ1n) is 8.38. The number of carbonyl (C=O) groups is 2. The number of rotatable bonds is 5. The van der Waals surface area contributed by atoms with Crippen molar-refractivity contribution in [2.45, 2.75) is 52.2 Å². The van der Waals surface area contributed by atoms with Crippen LogP contribution in [0.2, 0.25) is 0 Å². The van der Waals surface area contributed by atoms with E-state index in [1.165, 1.54) is 6.07 Å². The molecule has 0 fully saturated rings. The SMILES string of the molecule is Cc1cc(=O)oc2cc(NC(=O)[C@H](N)CCC(=O)OC(C)(C)C)ccc12. The second-order valence-corrected chi connectivity index (χ2v) is 7.18. The fourth-order valence-corrected chi connectivity index (χ4v) is 2.43. The molecule has 0 unspecified atom stereocenters. The van der Waals surface area contributed by atoms with Gasteiger partial charge in [0.2, 0.25) is 5.91 Å². The van der Waals surface area contributed by atoms with E-state index >= 15 is 0 Å². The number of esters is 1. The molecule has 7 heteroatoms. The standard InChI is InChI=1S/C19H24N2O5/c1-11-9-17(23)25-15-10-12(5-6-13(11)15)21-18(24)14(20)7-8-16(22)26-19(2,3)4/h5-6,9-10,14H,7-8,20H2,1-4H3,(H,21,24)/t14-/m1/s1. The van der Waals surface area contributed by atoms with E-state index in [2.05, 4.69) is 5.32 Å². The number of aryl methyl sites for hydroxylation is 1. The lowest BCUT2D eigenvalue weighted by Gasteiger charge is -2.20. The van der Waals surface area contributed by atoms with Crippen LogP contribution >= 0.6 is 0 Å². The Bertz CT molecular complexity index is 880. The maximum absolute atomic E-state index is 12.2. The molecule has 1 atom stereocenters. The molecule has 0 aliphatic heterocycles. The molecule has 0 saturated carbocycles. The predicted octanol–water partition coefficient (Wildman–Crippen LogP) is 2.49. The summed E-state index contributed by atoms with van der Waals surface area (Å²) in [5, 5.41) is 3.46. The Morgan fingerprint density at radius 3 is 2.62 bits per heavy atom. The molecule has 2 rings (SSSR count). The average Bonchev–Trinajstić information content (AvgIpc) is 2.50. The molecule has 2 aromatic rings. The Hall–Kier alpha value is -2.67. The predicted molar refractivity (Wildman–Crippen MR) is 98.9 cm³/mol. The number of hydrogen-bond acceptors (Lipinski definition) is 6. The van der Waals surface area contributed by atoms with Gasteiger partial charge < -0.3 is 20.2 Å². The quantitative estimate of drug-likeness (QED) is 0.626. The topological polar surface area (TPSA) is 112 Å². The lowest BCUT2D eigenvalue weighted by molar-refractivity contribution is -0.155. The molecule has 0 bridgehead atoms. The van der Waals surface area contributed by atoms with E-state index in [4.69, 9.17) is 14.9 Å². The van der Waals surface area contributed by atoms with Gasteiger partial charge in [0, 0.05) is 29.6 Å². The van der Waals surface area contributed by atoms with Crippen molar-refractivity contribution in [1.82, 2.24) is 0 Å². The molecule has 0 spiro atoms. The van der Waals surface area contributed by atoms with Gasteiger partial charge in [0.15, 0.2) is 0 Å². The van der Waals surface area contributed by atoms with Gasteiger partial charge in [-0.05, 0) is 51.8 Å². The van der Waals surface area contributed by atoms with Gasteiger partial charge in [0.05, 0.1) is 6.04 Å². The highest BCUT2D eigenvalue weighted by Crippen LogP contribution is 2.21. The number of amides is 1. The fourth-order valence-electron chi connectivity index (χ4n) is 2.43. The van der Waals surface area contributed by atoms with Crippen molar-refractivity contribution in [1.29, 1.82) is 0 Å². The Morgan fingerprint density at radius 2 is 1.96 bits per heavy atom. The highest BCUT2D eigenvalue weighted by molar-refractivity contribution is 5.96. The minimum Gasteiger partial charge on any atom is -0.460 e. The summed E-state index contributed by atoms with van der Waals surface area (Å²) in [6.07, 6.45) is 0.222. The summed E-state index contributed by atoms with van der Waals surface area (Å²) in [6, 6.07) is 5.58. The monoisotopic (exact) mass is 360 g/mol. The van der Waals surface area contributed by atoms with Gasteiger partial charge in [-0.1, -0.05) is 0 Å². The van der Waals surface area contributed by atoms with E-state index in [1.54, 1.807) is 39.0 Å². The first-order valence-corrected chi connectivity index (χ1v) is 8.38. The molecule has 0 saturated heterocycles. The van der Waals surface area contributed by atoms with Crippen LogP contribution in [-0.2, 0) is 14.3 Å². The third kappa shape index (κ3) is 5.42. The van der Waals surface area contributed by atoms with E-state index in [1.807, 2.05) is 6.92 Å². The van der Waals surface area contributed by atoms with Crippen LogP contribution in [0.15, 0.2) is 33.5 Å². The molecule has 1 amide bonds. The summed E-state index contributed by atoms with van der Waals surface area (Å²) in [7, 11) is 0. The molecule has 0 aliphatic rings. The molecule has 140 valence electrons. The van der Waals surface area contributed by atoms with Crippen LogP contribution < -0.4 is 16.7 Å². The third-order valence-electron chi connectivity index (χ3n) is 3.64. The first-order chi connectivity index (χ1) is 12.0. The van der Waals surface area contributed by atoms with Crippen LogP contribution in [0.1, 0.15) is 39.2 Å². The summed E-state index contributed by atoms with van der Waals surface area (Å²) in [5.41, 5.74) is 6.46. The van der Waals surface area contributed by atoms with Crippen LogP contribution in [0.3, 0.4) is 0 Å². The van der Waals surface area contributed by atoms with E-state index < -0.39 is 29.1 Å². The molecular weight excluding hydrogens is 336 g/mol. The van der Waals surface area contributed by atoms with Gasteiger partial charge in [-0.3, -0.25) is 9.59 Å². The van der Waals surface area contributed by atoms with Gasteiger partial charge in [-0.2, -0.15) is 0 Å². The molecule has 0 radical (unpaired) electrons. The van der Waals surface area contributed by atoms with E-state index in [9.17, 15) is 14.4 Å². The maximum atomic E-state index is 12.2. The number of benzene rings is 1. The second kappa shape index (κ2) is 7.70. The van der Waals surface area contributed by atoms with Crippen LogP contribution in [0.4, 0.5) is 5.69 Å². The Labute approximate surface area is 151 Å². The molecule has 1 aromatic carbocycles. The number of nitrogens with two attached hydrogens (primary N) is 1. The zero-order valence-electron chi connectivity index (χ0n) is 15.4. The highest BCUT2D eigenvalue weighted by atomic mass is 16.6. The summed E-state index contributed by atoms with van der Waals surface area (Å²) in [5.74, 6) is -0.827. The maximum Gasteiger partial charge on any atom is 0.336 e. The summed E-state index contributed by atoms with van der Waals surface area (Å²) >= 11 is 0. The van der Waals surface area contributed by atoms with Gasteiger partial charge in [-0.15, -0.1) is 0 Å². The second-order valence-electron chi connectivity index (χ2n) is 7.18. The largest absolute Gasteiger partial charge is 0.460 e. The Kier molecular flexibility index (Phi) is 5.82.